The van der Waals surface area contributed by atoms with Crippen LogP contribution in [0, 0.1) is 5.82 Å². The summed E-state index contributed by atoms with van der Waals surface area (Å²) in [5.41, 5.74) is 5.67. The molecular formula is C9H11ClFNO. The Balaban J connectivity index is 3.10. The number of aliphatic hydroxyl groups excluding tert-OH is 1. The van der Waals surface area contributed by atoms with Gasteiger partial charge in [-0.1, -0.05) is 17.7 Å². The Kier molecular flexibility index (Phi) is 3.66. The molecule has 1 rings (SSSR count). The van der Waals surface area contributed by atoms with E-state index < -0.39 is 11.7 Å². The van der Waals surface area contributed by atoms with Crippen LogP contribution in [0.2, 0.25) is 5.02 Å². The molecule has 13 heavy (non-hydrogen) atoms. The van der Waals surface area contributed by atoms with Gasteiger partial charge in [0.1, 0.15) is 5.82 Å². The van der Waals surface area contributed by atoms with E-state index in [1.54, 1.807) is 6.07 Å². The lowest BCUT2D eigenvalue weighted by atomic mass is 10.00. The van der Waals surface area contributed by atoms with Crippen molar-refractivity contribution in [2.75, 3.05) is 13.2 Å². The van der Waals surface area contributed by atoms with Crippen LogP contribution >= 0.6 is 11.6 Å². The van der Waals surface area contributed by atoms with Crippen LogP contribution < -0.4 is 5.73 Å². The van der Waals surface area contributed by atoms with Gasteiger partial charge < -0.3 is 10.8 Å². The van der Waals surface area contributed by atoms with Gasteiger partial charge in [-0.3, -0.25) is 0 Å². The van der Waals surface area contributed by atoms with Crippen molar-refractivity contribution >= 4 is 11.6 Å². The van der Waals surface area contributed by atoms with Crippen LogP contribution in [0.3, 0.4) is 0 Å². The van der Waals surface area contributed by atoms with E-state index in [-0.39, 0.29) is 13.2 Å². The molecule has 0 aromatic heterocycles. The summed E-state index contributed by atoms with van der Waals surface area (Å²) in [5, 5.41) is 9.23. The van der Waals surface area contributed by atoms with Crippen LogP contribution in [-0.4, -0.2) is 18.3 Å². The molecule has 0 aliphatic heterocycles. The second-order valence-corrected chi connectivity index (χ2v) is 3.16. The van der Waals surface area contributed by atoms with Gasteiger partial charge in [0.15, 0.2) is 0 Å². The molecule has 0 spiro atoms. The Labute approximate surface area is 81.1 Å². The largest absolute Gasteiger partial charge is 0.396 e. The molecule has 0 aliphatic carbocycles. The maximum atomic E-state index is 13.2. The summed E-state index contributed by atoms with van der Waals surface area (Å²) in [6.45, 7) is -0.0195. The van der Waals surface area contributed by atoms with Crippen LogP contribution in [-0.2, 0) is 0 Å². The fraction of sp³-hybridized carbons (Fsp3) is 0.333. The van der Waals surface area contributed by atoms with E-state index in [1.807, 2.05) is 0 Å². The lowest BCUT2D eigenvalue weighted by molar-refractivity contribution is 0.265. The van der Waals surface area contributed by atoms with E-state index in [0.717, 1.165) is 0 Å². The Morgan fingerprint density at radius 1 is 1.54 bits per heavy atom. The van der Waals surface area contributed by atoms with Crippen molar-refractivity contribution in [3.63, 3.8) is 0 Å². The van der Waals surface area contributed by atoms with E-state index in [9.17, 15) is 4.39 Å². The lowest BCUT2D eigenvalue weighted by Crippen LogP contribution is -2.17. The maximum absolute atomic E-state index is 13.2. The molecule has 1 aromatic carbocycles. The van der Waals surface area contributed by atoms with Gasteiger partial charge in [0.05, 0.1) is 6.61 Å². The standard InChI is InChI=1S/C9H11ClFNO/c10-7-2-1-3-8(11)9(7)6(4-12)5-13/h1-3,6,13H,4-5,12H2. The second-order valence-electron chi connectivity index (χ2n) is 2.75. The predicted molar refractivity (Wildman–Crippen MR) is 50.3 cm³/mol. The first-order valence-electron chi connectivity index (χ1n) is 3.95. The monoisotopic (exact) mass is 203 g/mol. The van der Waals surface area contributed by atoms with Gasteiger partial charge in [-0.05, 0) is 12.1 Å². The highest BCUT2D eigenvalue weighted by Gasteiger charge is 2.16. The van der Waals surface area contributed by atoms with Crippen LogP contribution in [0.4, 0.5) is 4.39 Å². The van der Waals surface area contributed by atoms with Crippen LogP contribution in [0.1, 0.15) is 11.5 Å². The van der Waals surface area contributed by atoms with Crippen molar-refractivity contribution in [1.29, 1.82) is 0 Å². The zero-order chi connectivity index (χ0) is 9.84. The van der Waals surface area contributed by atoms with E-state index in [1.165, 1.54) is 12.1 Å². The maximum Gasteiger partial charge on any atom is 0.128 e. The summed E-state index contributed by atoms with van der Waals surface area (Å²) in [7, 11) is 0. The first-order valence-corrected chi connectivity index (χ1v) is 4.33. The molecule has 4 heteroatoms. The number of aliphatic hydroxyl groups is 1. The first-order chi connectivity index (χ1) is 6.20. The smallest absolute Gasteiger partial charge is 0.128 e. The fourth-order valence-corrected chi connectivity index (χ4v) is 1.50. The molecule has 0 bridgehead atoms. The minimum absolute atomic E-state index is 0.178. The topological polar surface area (TPSA) is 46.2 Å². The minimum Gasteiger partial charge on any atom is -0.396 e. The van der Waals surface area contributed by atoms with Crippen molar-refractivity contribution in [3.05, 3.63) is 34.6 Å². The third-order valence-corrected chi connectivity index (χ3v) is 2.24. The third kappa shape index (κ3) is 2.18. The third-order valence-electron chi connectivity index (χ3n) is 1.91. The van der Waals surface area contributed by atoms with Crippen molar-refractivity contribution in [2.24, 2.45) is 5.73 Å². The summed E-state index contributed by atoms with van der Waals surface area (Å²) >= 11 is 5.78. The van der Waals surface area contributed by atoms with Crippen LogP contribution in [0.5, 0.6) is 0 Å². The SMILES string of the molecule is NCC(CO)c1c(F)cccc1Cl. The highest BCUT2D eigenvalue weighted by atomic mass is 35.5. The first kappa shape index (κ1) is 10.4. The number of halogens is 2. The van der Waals surface area contributed by atoms with Gasteiger partial charge >= 0.3 is 0 Å². The molecular weight excluding hydrogens is 193 g/mol. The van der Waals surface area contributed by atoms with Gasteiger partial charge in [0.25, 0.3) is 0 Å². The fourth-order valence-electron chi connectivity index (χ4n) is 1.18. The summed E-state index contributed by atoms with van der Waals surface area (Å²) in [5.74, 6) is -0.842. The van der Waals surface area contributed by atoms with Crippen molar-refractivity contribution in [2.45, 2.75) is 5.92 Å². The Hall–Kier alpha value is -0.640. The molecule has 72 valence electrons. The summed E-state index contributed by atoms with van der Waals surface area (Å²) in [6.07, 6.45) is 0. The zero-order valence-electron chi connectivity index (χ0n) is 7.00. The molecule has 0 saturated heterocycles. The minimum atomic E-state index is -0.423. The number of benzene rings is 1. The molecule has 1 aromatic rings. The molecule has 0 radical (unpaired) electrons. The van der Waals surface area contributed by atoms with Gasteiger partial charge in [-0.25, -0.2) is 4.39 Å². The van der Waals surface area contributed by atoms with E-state index in [0.29, 0.717) is 10.6 Å². The molecule has 1 atom stereocenters. The zero-order valence-corrected chi connectivity index (χ0v) is 7.76. The highest BCUT2D eigenvalue weighted by molar-refractivity contribution is 6.31. The Morgan fingerprint density at radius 2 is 2.23 bits per heavy atom. The normalized spacial score (nSPS) is 12.9. The highest BCUT2D eigenvalue weighted by Crippen LogP contribution is 2.26. The summed E-state index contributed by atoms with van der Waals surface area (Å²) in [6, 6.07) is 4.41. The van der Waals surface area contributed by atoms with E-state index in [4.69, 9.17) is 22.4 Å². The summed E-state index contributed by atoms with van der Waals surface area (Å²) in [4.78, 5) is 0. The number of rotatable bonds is 3. The van der Waals surface area contributed by atoms with Gasteiger partial charge in [0.2, 0.25) is 0 Å². The number of hydrogen-bond donors (Lipinski definition) is 2. The lowest BCUT2D eigenvalue weighted by Gasteiger charge is -2.14. The van der Waals surface area contributed by atoms with Crippen molar-refractivity contribution < 1.29 is 9.50 Å². The van der Waals surface area contributed by atoms with Gasteiger partial charge in [-0.2, -0.15) is 0 Å². The van der Waals surface area contributed by atoms with Crippen LogP contribution in [0.25, 0.3) is 0 Å². The van der Waals surface area contributed by atoms with E-state index >= 15 is 0 Å². The second kappa shape index (κ2) is 4.56. The van der Waals surface area contributed by atoms with Crippen molar-refractivity contribution in [3.8, 4) is 0 Å². The van der Waals surface area contributed by atoms with Crippen molar-refractivity contribution in [1.82, 2.24) is 0 Å². The average molecular weight is 204 g/mol. The molecule has 0 saturated carbocycles. The molecule has 0 heterocycles. The Morgan fingerprint density at radius 3 is 2.69 bits per heavy atom. The molecule has 2 nitrogen and oxygen atoms in total. The number of hydrogen-bond acceptors (Lipinski definition) is 2. The summed E-state index contributed by atoms with van der Waals surface area (Å²) < 4.78 is 13.2. The van der Waals surface area contributed by atoms with Crippen LogP contribution in [0.15, 0.2) is 18.2 Å². The van der Waals surface area contributed by atoms with Gasteiger partial charge in [-0.15, -0.1) is 0 Å². The molecule has 1 unspecified atom stereocenters. The average Bonchev–Trinajstić information content (AvgIpc) is 2.11. The Bertz CT molecular complexity index is 269. The quantitative estimate of drug-likeness (QED) is 0.783. The number of nitrogens with two attached hydrogens (primary N) is 1. The predicted octanol–water partition coefficient (Wildman–Crippen LogP) is 1.51. The molecule has 3 N–H and O–H groups in total. The van der Waals surface area contributed by atoms with Gasteiger partial charge in [0, 0.05) is 23.0 Å². The molecule has 0 aliphatic rings. The van der Waals surface area contributed by atoms with E-state index in [2.05, 4.69) is 0 Å². The molecule has 0 fully saturated rings. The molecule has 0 amide bonds.